The second kappa shape index (κ2) is 5.33. The highest BCUT2D eigenvalue weighted by molar-refractivity contribution is 5.66. The summed E-state index contributed by atoms with van der Waals surface area (Å²) in [6.07, 6.45) is 3.33. The van der Waals surface area contributed by atoms with Crippen molar-refractivity contribution in [2.75, 3.05) is 26.2 Å². The van der Waals surface area contributed by atoms with Crippen LogP contribution in [0.2, 0.25) is 0 Å². The summed E-state index contributed by atoms with van der Waals surface area (Å²) in [6, 6.07) is 0. The van der Waals surface area contributed by atoms with Gasteiger partial charge in [-0.25, -0.2) is 0 Å². The lowest BCUT2D eigenvalue weighted by Gasteiger charge is -2.46. The zero-order chi connectivity index (χ0) is 12.3. The summed E-state index contributed by atoms with van der Waals surface area (Å²) >= 11 is 0. The molecule has 5 heteroatoms. The van der Waals surface area contributed by atoms with Crippen molar-refractivity contribution in [1.29, 1.82) is 0 Å². The van der Waals surface area contributed by atoms with Gasteiger partial charge in [-0.3, -0.25) is 9.69 Å². The summed E-state index contributed by atoms with van der Waals surface area (Å²) < 4.78 is 5.86. The number of hydrogen-bond donors (Lipinski definition) is 2. The van der Waals surface area contributed by atoms with Crippen LogP contribution in [-0.4, -0.2) is 59.0 Å². The molecule has 2 saturated heterocycles. The molecule has 0 bridgehead atoms. The van der Waals surface area contributed by atoms with Gasteiger partial charge in [-0.1, -0.05) is 0 Å². The van der Waals surface area contributed by atoms with Crippen LogP contribution in [-0.2, 0) is 9.53 Å². The number of aliphatic hydroxyl groups is 1. The number of rotatable bonds is 3. The summed E-state index contributed by atoms with van der Waals surface area (Å²) in [5.74, 6) is -0.755. The van der Waals surface area contributed by atoms with E-state index in [2.05, 4.69) is 4.90 Å². The van der Waals surface area contributed by atoms with Crippen LogP contribution in [0.5, 0.6) is 0 Å². The zero-order valence-electron chi connectivity index (χ0n) is 10.1. The Labute approximate surface area is 101 Å². The zero-order valence-corrected chi connectivity index (χ0v) is 10.1. The average Bonchev–Trinajstić information content (AvgIpc) is 2.26. The second-order valence-electron chi connectivity index (χ2n) is 5.20. The molecule has 0 unspecified atom stereocenters. The van der Waals surface area contributed by atoms with Crippen molar-refractivity contribution >= 4 is 5.97 Å². The number of carbonyl (C=O) groups is 1. The molecular weight excluding hydrogens is 222 g/mol. The first kappa shape index (κ1) is 12.8. The molecule has 2 N–H and O–H groups in total. The first-order valence-electron chi connectivity index (χ1n) is 6.36. The molecule has 2 rings (SSSR count). The van der Waals surface area contributed by atoms with E-state index in [0.717, 1.165) is 32.4 Å². The number of carboxylic acids is 1. The summed E-state index contributed by atoms with van der Waals surface area (Å²) in [4.78, 5) is 12.7. The second-order valence-corrected chi connectivity index (χ2v) is 5.20. The van der Waals surface area contributed by atoms with E-state index in [-0.39, 0.29) is 18.1 Å². The number of carboxylic acid groups (broad SMARTS) is 1. The molecule has 0 radical (unpaired) electrons. The number of aliphatic carboxylic acids is 1. The van der Waals surface area contributed by atoms with E-state index >= 15 is 0 Å². The first-order valence-corrected chi connectivity index (χ1v) is 6.36. The minimum Gasteiger partial charge on any atom is -0.481 e. The fourth-order valence-corrected chi connectivity index (χ4v) is 2.92. The van der Waals surface area contributed by atoms with Gasteiger partial charge in [-0.15, -0.1) is 0 Å². The minimum absolute atomic E-state index is 0.179. The van der Waals surface area contributed by atoms with Crippen LogP contribution in [0.25, 0.3) is 0 Å². The van der Waals surface area contributed by atoms with Gasteiger partial charge in [-0.2, -0.15) is 0 Å². The van der Waals surface area contributed by atoms with Gasteiger partial charge < -0.3 is 14.9 Å². The van der Waals surface area contributed by atoms with Gasteiger partial charge in [0.15, 0.2) is 0 Å². The molecule has 0 aromatic rings. The van der Waals surface area contributed by atoms with Crippen molar-refractivity contribution < 1.29 is 19.7 Å². The third-order valence-electron chi connectivity index (χ3n) is 3.73. The Kier molecular flexibility index (Phi) is 4.01. The third-order valence-corrected chi connectivity index (χ3v) is 3.73. The van der Waals surface area contributed by atoms with Crippen LogP contribution < -0.4 is 0 Å². The van der Waals surface area contributed by atoms with Gasteiger partial charge in [0.05, 0.1) is 18.1 Å². The summed E-state index contributed by atoms with van der Waals surface area (Å²) in [5.41, 5.74) is -0.228. The van der Waals surface area contributed by atoms with Gasteiger partial charge in [0.25, 0.3) is 0 Å². The molecule has 0 aliphatic carbocycles. The summed E-state index contributed by atoms with van der Waals surface area (Å²) in [6.45, 7) is 2.90. The Morgan fingerprint density at radius 3 is 3.06 bits per heavy atom. The number of nitrogens with zero attached hydrogens (tertiary/aromatic N) is 1. The fourth-order valence-electron chi connectivity index (χ4n) is 2.92. The maximum atomic E-state index is 10.6. The standard InChI is InChI=1S/C12H21NO4/c14-10-3-7-17-12(8-10)4-1-5-13(9-12)6-2-11(15)16/h10,14H,1-9H2,(H,15,16)/t10-,12+/m0/s1. The largest absolute Gasteiger partial charge is 0.481 e. The molecule has 0 aromatic heterocycles. The van der Waals surface area contributed by atoms with Gasteiger partial charge in [0.1, 0.15) is 0 Å². The van der Waals surface area contributed by atoms with Crippen LogP contribution in [0.4, 0.5) is 0 Å². The monoisotopic (exact) mass is 243 g/mol. The Bertz CT molecular complexity index is 280. The number of ether oxygens (including phenoxy) is 1. The predicted molar refractivity (Wildman–Crippen MR) is 61.9 cm³/mol. The highest BCUT2D eigenvalue weighted by atomic mass is 16.5. The Hall–Kier alpha value is -0.650. The minimum atomic E-state index is -0.755. The van der Waals surface area contributed by atoms with Crippen molar-refractivity contribution in [2.24, 2.45) is 0 Å². The molecule has 2 atom stereocenters. The number of piperidine rings is 1. The van der Waals surface area contributed by atoms with E-state index in [1.165, 1.54) is 0 Å². The Morgan fingerprint density at radius 2 is 2.35 bits per heavy atom. The van der Waals surface area contributed by atoms with E-state index in [4.69, 9.17) is 9.84 Å². The molecule has 2 aliphatic rings. The van der Waals surface area contributed by atoms with Crippen molar-refractivity contribution in [3.63, 3.8) is 0 Å². The summed E-state index contributed by atoms with van der Waals surface area (Å²) in [7, 11) is 0. The normalized spacial score (nSPS) is 35.0. The van der Waals surface area contributed by atoms with Gasteiger partial charge >= 0.3 is 5.97 Å². The molecule has 2 fully saturated rings. The maximum Gasteiger partial charge on any atom is 0.304 e. The predicted octanol–water partition coefficient (Wildman–Crippen LogP) is 0.467. The van der Waals surface area contributed by atoms with Crippen LogP contribution in [0.1, 0.15) is 32.1 Å². The number of aliphatic hydroxyl groups excluding tert-OH is 1. The van der Waals surface area contributed by atoms with Gasteiger partial charge in [0, 0.05) is 26.1 Å². The van der Waals surface area contributed by atoms with Crippen molar-refractivity contribution in [2.45, 2.75) is 43.8 Å². The highest BCUT2D eigenvalue weighted by Crippen LogP contribution is 2.33. The molecule has 2 aliphatic heterocycles. The molecule has 2 heterocycles. The smallest absolute Gasteiger partial charge is 0.304 e. The summed E-state index contributed by atoms with van der Waals surface area (Å²) in [5, 5.41) is 18.4. The highest BCUT2D eigenvalue weighted by Gasteiger charge is 2.40. The molecule has 5 nitrogen and oxygen atoms in total. The molecule has 98 valence electrons. The lowest BCUT2D eigenvalue weighted by atomic mass is 9.84. The SMILES string of the molecule is O=C(O)CCN1CCC[C@@]2(C[C@@H](O)CCO2)C1. The van der Waals surface area contributed by atoms with Crippen LogP contribution in [0, 0.1) is 0 Å². The van der Waals surface area contributed by atoms with Crippen molar-refractivity contribution in [3.05, 3.63) is 0 Å². The van der Waals surface area contributed by atoms with Crippen molar-refractivity contribution in [3.8, 4) is 0 Å². The first-order chi connectivity index (χ1) is 8.10. The van der Waals surface area contributed by atoms with Crippen LogP contribution >= 0.6 is 0 Å². The maximum absolute atomic E-state index is 10.6. The third kappa shape index (κ3) is 3.40. The Morgan fingerprint density at radius 1 is 1.53 bits per heavy atom. The van der Waals surface area contributed by atoms with Crippen LogP contribution in [0.3, 0.4) is 0 Å². The van der Waals surface area contributed by atoms with Gasteiger partial charge in [0.2, 0.25) is 0 Å². The lowest BCUT2D eigenvalue weighted by molar-refractivity contribution is -0.149. The lowest BCUT2D eigenvalue weighted by Crippen LogP contribution is -2.54. The quantitative estimate of drug-likeness (QED) is 0.754. The number of hydrogen-bond acceptors (Lipinski definition) is 4. The van der Waals surface area contributed by atoms with E-state index in [0.29, 0.717) is 19.6 Å². The van der Waals surface area contributed by atoms with E-state index in [1.807, 2.05) is 0 Å². The molecular formula is C12H21NO4. The molecule has 17 heavy (non-hydrogen) atoms. The number of likely N-dealkylation sites (tertiary alicyclic amines) is 1. The molecule has 0 saturated carbocycles. The van der Waals surface area contributed by atoms with E-state index < -0.39 is 5.97 Å². The van der Waals surface area contributed by atoms with E-state index in [1.54, 1.807) is 0 Å². The Balaban J connectivity index is 1.89. The van der Waals surface area contributed by atoms with Gasteiger partial charge in [-0.05, 0) is 25.8 Å². The fraction of sp³-hybridized carbons (Fsp3) is 0.917. The molecule has 0 amide bonds. The molecule has 1 spiro atoms. The van der Waals surface area contributed by atoms with E-state index in [9.17, 15) is 9.90 Å². The van der Waals surface area contributed by atoms with Crippen molar-refractivity contribution in [1.82, 2.24) is 4.90 Å². The molecule has 0 aromatic carbocycles. The topological polar surface area (TPSA) is 70.0 Å². The average molecular weight is 243 g/mol. The van der Waals surface area contributed by atoms with Crippen LogP contribution in [0.15, 0.2) is 0 Å².